The van der Waals surface area contributed by atoms with Crippen LogP contribution in [0.4, 0.5) is 0 Å². The van der Waals surface area contributed by atoms with Gasteiger partial charge in [0.1, 0.15) is 0 Å². The van der Waals surface area contributed by atoms with Gasteiger partial charge in [-0.1, -0.05) is 30.3 Å². The fraction of sp³-hybridized carbons (Fsp3) is 0.375. The van der Waals surface area contributed by atoms with Crippen molar-refractivity contribution < 1.29 is 28.5 Å². The zero-order valence-electron chi connectivity index (χ0n) is 17.8. The molecule has 164 valence electrons. The zero-order valence-corrected chi connectivity index (χ0v) is 17.8. The summed E-state index contributed by atoms with van der Waals surface area (Å²) in [6.45, 7) is 3.48. The number of morpholine rings is 1. The highest BCUT2D eigenvalue weighted by Crippen LogP contribution is 2.34. The fourth-order valence-corrected chi connectivity index (χ4v) is 3.71. The standard InChI is InChI=1S/C24H27NO6/c1-27-21-8-7-19(15-22(21)28-2)20(16-23(26)25-9-11-29-12-10-25)17-3-5-18(6-4-17)24-30-13-14-31-24/h3-8,15-16,24H,9-14H2,1-2H3. The van der Waals surface area contributed by atoms with Gasteiger partial charge in [0.05, 0.1) is 40.6 Å². The quantitative estimate of drug-likeness (QED) is 0.663. The summed E-state index contributed by atoms with van der Waals surface area (Å²) in [5.41, 5.74) is 3.53. The minimum atomic E-state index is -0.336. The Labute approximate surface area is 182 Å². The number of carbonyl (C=O) groups is 1. The zero-order chi connectivity index (χ0) is 21.6. The Morgan fingerprint density at radius 3 is 2.19 bits per heavy atom. The van der Waals surface area contributed by atoms with Crippen LogP contribution in [0.5, 0.6) is 11.5 Å². The normalized spacial score (nSPS) is 17.6. The molecular formula is C24H27NO6. The molecule has 0 saturated carbocycles. The average molecular weight is 425 g/mol. The highest BCUT2D eigenvalue weighted by Gasteiger charge is 2.20. The minimum Gasteiger partial charge on any atom is -0.493 e. The first-order chi connectivity index (χ1) is 15.2. The lowest BCUT2D eigenvalue weighted by Crippen LogP contribution is -2.39. The number of amides is 1. The van der Waals surface area contributed by atoms with Gasteiger partial charge < -0.3 is 28.6 Å². The van der Waals surface area contributed by atoms with Crippen LogP contribution in [-0.4, -0.2) is 64.5 Å². The van der Waals surface area contributed by atoms with Crippen molar-refractivity contribution in [3.63, 3.8) is 0 Å². The molecule has 0 aliphatic carbocycles. The van der Waals surface area contributed by atoms with E-state index in [1.807, 2.05) is 42.5 Å². The van der Waals surface area contributed by atoms with Crippen LogP contribution >= 0.6 is 0 Å². The van der Waals surface area contributed by atoms with Gasteiger partial charge in [-0.2, -0.15) is 0 Å². The first kappa shape index (κ1) is 21.4. The Kier molecular flexibility index (Phi) is 6.86. The van der Waals surface area contributed by atoms with Crippen LogP contribution in [0.2, 0.25) is 0 Å². The maximum atomic E-state index is 13.0. The third-order valence-electron chi connectivity index (χ3n) is 5.40. The summed E-state index contributed by atoms with van der Waals surface area (Å²) in [5.74, 6) is 1.20. The van der Waals surface area contributed by atoms with Crippen LogP contribution in [0.3, 0.4) is 0 Å². The molecule has 2 aliphatic rings. The Morgan fingerprint density at radius 1 is 0.903 bits per heavy atom. The monoisotopic (exact) mass is 425 g/mol. The number of carbonyl (C=O) groups excluding carboxylic acids is 1. The second-order valence-corrected chi connectivity index (χ2v) is 7.26. The lowest BCUT2D eigenvalue weighted by Gasteiger charge is -2.26. The van der Waals surface area contributed by atoms with E-state index in [1.54, 1.807) is 25.2 Å². The van der Waals surface area contributed by atoms with Crippen molar-refractivity contribution in [2.75, 3.05) is 53.7 Å². The van der Waals surface area contributed by atoms with Gasteiger partial charge in [0, 0.05) is 24.7 Å². The molecule has 2 aliphatic heterocycles. The summed E-state index contributed by atoms with van der Waals surface area (Å²) in [4.78, 5) is 14.8. The molecule has 0 atom stereocenters. The van der Waals surface area contributed by atoms with Crippen molar-refractivity contribution in [2.45, 2.75) is 6.29 Å². The molecule has 2 saturated heterocycles. The summed E-state index contributed by atoms with van der Waals surface area (Å²) in [6, 6.07) is 13.6. The van der Waals surface area contributed by atoms with Gasteiger partial charge in [0.15, 0.2) is 17.8 Å². The molecule has 7 heteroatoms. The summed E-state index contributed by atoms with van der Waals surface area (Å²) in [5, 5.41) is 0. The second kappa shape index (κ2) is 9.96. The number of hydrogen-bond acceptors (Lipinski definition) is 6. The number of nitrogens with zero attached hydrogens (tertiary/aromatic N) is 1. The number of hydrogen-bond donors (Lipinski definition) is 0. The van der Waals surface area contributed by atoms with Crippen LogP contribution in [0, 0.1) is 0 Å². The molecule has 1 amide bonds. The summed E-state index contributed by atoms with van der Waals surface area (Å²) >= 11 is 0. The molecule has 0 aromatic heterocycles. The van der Waals surface area contributed by atoms with E-state index in [1.165, 1.54) is 0 Å². The third kappa shape index (κ3) is 4.90. The second-order valence-electron chi connectivity index (χ2n) is 7.26. The van der Waals surface area contributed by atoms with Crippen molar-refractivity contribution in [1.82, 2.24) is 4.90 Å². The summed E-state index contributed by atoms with van der Waals surface area (Å²) in [6.07, 6.45) is 1.35. The summed E-state index contributed by atoms with van der Waals surface area (Å²) in [7, 11) is 3.20. The largest absolute Gasteiger partial charge is 0.493 e. The van der Waals surface area contributed by atoms with Gasteiger partial charge in [-0.25, -0.2) is 0 Å². The fourth-order valence-electron chi connectivity index (χ4n) is 3.71. The maximum absolute atomic E-state index is 13.0. The highest BCUT2D eigenvalue weighted by atomic mass is 16.7. The Balaban J connectivity index is 1.70. The molecule has 2 aromatic carbocycles. The molecule has 0 spiro atoms. The smallest absolute Gasteiger partial charge is 0.247 e. The molecule has 0 N–H and O–H groups in total. The van der Waals surface area contributed by atoms with Crippen molar-refractivity contribution in [3.8, 4) is 11.5 Å². The first-order valence-electron chi connectivity index (χ1n) is 10.3. The number of rotatable bonds is 6. The predicted octanol–water partition coefficient (Wildman–Crippen LogP) is 3.04. The van der Waals surface area contributed by atoms with Gasteiger partial charge in [0.25, 0.3) is 0 Å². The molecule has 2 aromatic rings. The van der Waals surface area contributed by atoms with Crippen LogP contribution in [-0.2, 0) is 19.0 Å². The Hall–Kier alpha value is -2.87. The molecule has 4 rings (SSSR count). The van der Waals surface area contributed by atoms with Crippen LogP contribution in [0.1, 0.15) is 23.0 Å². The van der Waals surface area contributed by atoms with E-state index >= 15 is 0 Å². The molecule has 0 unspecified atom stereocenters. The van der Waals surface area contributed by atoms with E-state index in [2.05, 4.69) is 0 Å². The van der Waals surface area contributed by atoms with Crippen molar-refractivity contribution >= 4 is 11.5 Å². The van der Waals surface area contributed by atoms with Gasteiger partial charge in [0.2, 0.25) is 5.91 Å². The van der Waals surface area contributed by atoms with Crippen LogP contribution in [0.25, 0.3) is 5.57 Å². The molecule has 31 heavy (non-hydrogen) atoms. The minimum absolute atomic E-state index is 0.0420. The molecule has 2 heterocycles. The van der Waals surface area contributed by atoms with Crippen LogP contribution in [0.15, 0.2) is 48.5 Å². The third-order valence-corrected chi connectivity index (χ3v) is 5.40. The van der Waals surface area contributed by atoms with Gasteiger partial charge in [-0.3, -0.25) is 4.79 Å². The van der Waals surface area contributed by atoms with Crippen LogP contribution < -0.4 is 9.47 Å². The first-order valence-corrected chi connectivity index (χ1v) is 10.3. The maximum Gasteiger partial charge on any atom is 0.247 e. The van der Waals surface area contributed by atoms with E-state index in [9.17, 15) is 4.79 Å². The van der Waals surface area contributed by atoms with Crippen molar-refractivity contribution in [3.05, 3.63) is 65.2 Å². The van der Waals surface area contributed by atoms with Crippen molar-refractivity contribution in [2.24, 2.45) is 0 Å². The van der Waals surface area contributed by atoms with Gasteiger partial charge >= 0.3 is 0 Å². The average Bonchev–Trinajstić information content (AvgIpc) is 3.38. The van der Waals surface area contributed by atoms with Gasteiger partial charge in [-0.05, 0) is 28.8 Å². The Morgan fingerprint density at radius 2 is 1.55 bits per heavy atom. The topological polar surface area (TPSA) is 66.5 Å². The predicted molar refractivity (Wildman–Crippen MR) is 115 cm³/mol. The van der Waals surface area contributed by atoms with E-state index in [0.717, 1.165) is 22.3 Å². The molecular weight excluding hydrogens is 398 g/mol. The lowest BCUT2D eigenvalue weighted by atomic mass is 9.95. The molecule has 0 bridgehead atoms. The summed E-state index contributed by atoms with van der Waals surface area (Å²) < 4.78 is 27.4. The highest BCUT2D eigenvalue weighted by molar-refractivity contribution is 5.99. The van der Waals surface area contributed by atoms with E-state index in [0.29, 0.717) is 51.0 Å². The number of methoxy groups -OCH3 is 2. The molecule has 0 radical (unpaired) electrons. The SMILES string of the molecule is COc1ccc(C(=CC(=O)N2CCOCC2)c2ccc(C3OCCO3)cc2)cc1OC. The van der Waals surface area contributed by atoms with E-state index in [-0.39, 0.29) is 12.2 Å². The molecule has 2 fully saturated rings. The lowest BCUT2D eigenvalue weighted by molar-refractivity contribution is -0.129. The van der Waals surface area contributed by atoms with Crippen molar-refractivity contribution in [1.29, 1.82) is 0 Å². The number of benzene rings is 2. The Bertz CT molecular complexity index is 928. The number of ether oxygens (including phenoxy) is 5. The van der Waals surface area contributed by atoms with Gasteiger partial charge in [-0.15, -0.1) is 0 Å². The van der Waals surface area contributed by atoms with E-state index in [4.69, 9.17) is 23.7 Å². The van der Waals surface area contributed by atoms with E-state index < -0.39 is 0 Å². The molecule has 7 nitrogen and oxygen atoms in total.